The summed E-state index contributed by atoms with van der Waals surface area (Å²) in [6.07, 6.45) is 1.45. The number of aromatic nitrogens is 5. The van der Waals surface area contributed by atoms with E-state index in [1.807, 2.05) is 42.3 Å². The molecule has 0 spiro atoms. The highest BCUT2D eigenvalue weighted by Crippen LogP contribution is 2.34. The second kappa shape index (κ2) is 5.55. The summed E-state index contributed by atoms with van der Waals surface area (Å²) >= 11 is 0. The highest BCUT2D eigenvalue weighted by atomic mass is 16.1. The van der Waals surface area contributed by atoms with E-state index in [2.05, 4.69) is 9.97 Å². The third-order valence-electron chi connectivity index (χ3n) is 4.58. The Bertz CT molecular complexity index is 1170. The summed E-state index contributed by atoms with van der Waals surface area (Å²) < 4.78 is 3.82. The van der Waals surface area contributed by atoms with E-state index in [9.17, 15) is 4.79 Å². The van der Waals surface area contributed by atoms with Gasteiger partial charge in [0, 0.05) is 29.6 Å². The van der Waals surface area contributed by atoms with Crippen LogP contribution in [0.1, 0.15) is 30.2 Å². The maximum Gasteiger partial charge on any atom is 0.248 e. The van der Waals surface area contributed by atoms with Crippen LogP contribution in [0.15, 0.2) is 30.6 Å². The summed E-state index contributed by atoms with van der Waals surface area (Å²) in [6, 6.07) is 7.51. The minimum absolute atomic E-state index is 0.122. The van der Waals surface area contributed by atoms with Gasteiger partial charge in [0.25, 0.3) is 0 Å². The lowest BCUT2D eigenvalue weighted by Gasteiger charge is -2.05. The van der Waals surface area contributed by atoms with Gasteiger partial charge in [-0.1, -0.05) is 6.07 Å². The molecular formula is C18H19N7O. The molecule has 0 atom stereocenters. The molecule has 0 saturated carbocycles. The molecule has 132 valence electrons. The first kappa shape index (κ1) is 16.1. The molecule has 3 heterocycles. The SMILES string of the molecule is CC(C)n1nc(-c2cc3ccc(C(N)=O)cc3n2C)c2c(N)ncnc21. The zero-order chi connectivity index (χ0) is 18.6. The van der Waals surface area contributed by atoms with Gasteiger partial charge >= 0.3 is 0 Å². The lowest BCUT2D eigenvalue weighted by atomic mass is 10.1. The monoisotopic (exact) mass is 349 g/mol. The number of nitrogen functional groups attached to an aromatic ring is 1. The maximum absolute atomic E-state index is 11.5. The van der Waals surface area contributed by atoms with Gasteiger partial charge in [0.2, 0.25) is 5.91 Å². The van der Waals surface area contributed by atoms with Crippen LogP contribution >= 0.6 is 0 Å². The van der Waals surface area contributed by atoms with Gasteiger partial charge in [0.1, 0.15) is 17.8 Å². The number of carbonyl (C=O) groups is 1. The van der Waals surface area contributed by atoms with Crippen LogP contribution in [0.2, 0.25) is 0 Å². The van der Waals surface area contributed by atoms with Crippen molar-refractivity contribution >= 4 is 33.7 Å². The van der Waals surface area contributed by atoms with Crippen molar-refractivity contribution in [3.8, 4) is 11.4 Å². The number of nitrogens with zero attached hydrogens (tertiary/aromatic N) is 5. The van der Waals surface area contributed by atoms with Crippen molar-refractivity contribution in [3.05, 3.63) is 36.2 Å². The fraction of sp³-hybridized carbons (Fsp3) is 0.222. The van der Waals surface area contributed by atoms with Crippen LogP contribution in [-0.2, 0) is 7.05 Å². The lowest BCUT2D eigenvalue weighted by molar-refractivity contribution is 0.100. The average molecular weight is 349 g/mol. The van der Waals surface area contributed by atoms with E-state index >= 15 is 0 Å². The molecule has 0 aliphatic heterocycles. The number of rotatable bonds is 3. The first-order chi connectivity index (χ1) is 12.4. The third-order valence-corrected chi connectivity index (χ3v) is 4.58. The zero-order valence-electron chi connectivity index (χ0n) is 14.8. The normalized spacial score (nSPS) is 11.7. The van der Waals surface area contributed by atoms with Gasteiger partial charge in [0.05, 0.1) is 11.1 Å². The molecule has 0 fully saturated rings. The van der Waals surface area contributed by atoms with E-state index in [0.717, 1.165) is 22.0 Å². The Morgan fingerprint density at radius 2 is 1.96 bits per heavy atom. The molecule has 3 aromatic heterocycles. The van der Waals surface area contributed by atoms with E-state index < -0.39 is 5.91 Å². The molecule has 0 radical (unpaired) electrons. The second-order valence-corrected chi connectivity index (χ2v) is 6.57. The van der Waals surface area contributed by atoms with Crippen molar-refractivity contribution in [1.29, 1.82) is 0 Å². The number of fused-ring (bicyclic) bond motifs is 2. The molecule has 0 saturated heterocycles. The number of anilines is 1. The van der Waals surface area contributed by atoms with Gasteiger partial charge in [-0.15, -0.1) is 0 Å². The lowest BCUT2D eigenvalue weighted by Crippen LogP contribution is -2.10. The van der Waals surface area contributed by atoms with Gasteiger partial charge in [-0.3, -0.25) is 4.79 Å². The number of primary amides is 1. The molecule has 0 aliphatic carbocycles. The third kappa shape index (κ3) is 2.22. The van der Waals surface area contributed by atoms with Crippen LogP contribution in [0.25, 0.3) is 33.3 Å². The fourth-order valence-corrected chi connectivity index (χ4v) is 3.25. The molecule has 26 heavy (non-hydrogen) atoms. The van der Waals surface area contributed by atoms with Gasteiger partial charge in [0.15, 0.2) is 5.65 Å². The maximum atomic E-state index is 11.5. The zero-order valence-corrected chi connectivity index (χ0v) is 14.8. The summed E-state index contributed by atoms with van der Waals surface area (Å²) in [5, 5.41) is 6.46. The summed E-state index contributed by atoms with van der Waals surface area (Å²) in [6.45, 7) is 4.07. The molecule has 1 aromatic carbocycles. The van der Waals surface area contributed by atoms with Gasteiger partial charge in [-0.25, -0.2) is 14.6 Å². The minimum atomic E-state index is -0.457. The molecular weight excluding hydrogens is 330 g/mol. The van der Waals surface area contributed by atoms with Gasteiger partial charge < -0.3 is 16.0 Å². The van der Waals surface area contributed by atoms with Crippen molar-refractivity contribution < 1.29 is 4.79 Å². The van der Waals surface area contributed by atoms with E-state index in [1.54, 1.807) is 12.1 Å². The Morgan fingerprint density at radius 3 is 2.65 bits per heavy atom. The Hall–Kier alpha value is -3.42. The average Bonchev–Trinajstić information content (AvgIpc) is 3.14. The van der Waals surface area contributed by atoms with Crippen LogP contribution in [0.3, 0.4) is 0 Å². The first-order valence-corrected chi connectivity index (χ1v) is 8.27. The largest absolute Gasteiger partial charge is 0.383 e. The highest BCUT2D eigenvalue weighted by molar-refractivity contribution is 6.02. The Morgan fingerprint density at radius 1 is 1.19 bits per heavy atom. The Kier molecular flexibility index (Phi) is 3.43. The number of hydrogen-bond donors (Lipinski definition) is 2. The number of nitrogens with two attached hydrogens (primary N) is 2. The fourth-order valence-electron chi connectivity index (χ4n) is 3.25. The second-order valence-electron chi connectivity index (χ2n) is 6.57. The first-order valence-electron chi connectivity index (χ1n) is 8.27. The van der Waals surface area contributed by atoms with Crippen molar-refractivity contribution in [3.63, 3.8) is 0 Å². The summed E-state index contributed by atoms with van der Waals surface area (Å²) in [5.74, 6) is -0.0678. The molecule has 0 aliphatic rings. The van der Waals surface area contributed by atoms with Crippen molar-refractivity contribution in [2.75, 3.05) is 5.73 Å². The summed E-state index contributed by atoms with van der Waals surface area (Å²) in [5.41, 5.74) is 15.2. The molecule has 1 amide bonds. The Labute approximate surface area is 149 Å². The molecule has 8 heteroatoms. The van der Waals surface area contributed by atoms with E-state index in [0.29, 0.717) is 22.7 Å². The van der Waals surface area contributed by atoms with E-state index in [1.165, 1.54) is 6.33 Å². The molecule has 4 rings (SSSR count). The van der Waals surface area contributed by atoms with Crippen LogP contribution in [0.4, 0.5) is 5.82 Å². The smallest absolute Gasteiger partial charge is 0.248 e. The van der Waals surface area contributed by atoms with Gasteiger partial charge in [-0.2, -0.15) is 5.10 Å². The number of hydrogen-bond acceptors (Lipinski definition) is 5. The molecule has 0 bridgehead atoms. The summed E-state index contributed by atoms with van der Waals surface area (Å²) in [4.78, 5) is 20.0. The molecule has 4 N–H and O–H groups in total. The minimum Gasteiger partial charge on any atom is -0.383 e. The topological polar surface area (TPSA) is 118 Å². The van der Waals surface area contributed by atoms with Crippen molar-refractivity contribution in [2.24, 2.45) is 12.8 Å². The number of benzene rings is 1. The molecule has 0 unspecified atom stereocenters. The van der Waals surface area contributed by atoms with Gasteiger partial charge in [-0.05, 0) is 32.0 Å². The molecule has 8 nitrogen and oxygen atoms in total. The molecule has 4 aromatic rings. The number of aryl methyl sites for hydroxylation is 1. The standard InChI is InChI=1S/C18H19N7O/c1-9(2)25-18-14(16(19)21-8-22-18)15(23-25)13-6-10-4-5-11(17(20)26)7-12(10)24(13)3/h4-9H,1-3H3,(H2,20,26)(H2,19,21,22). The summed E-state index contributed by atoms with van der Waals surface area (Å²) in [7, 11) is 1.92. The number of carbonyl (C=O) groups excluding carboxylic acids is 1. The highest BCUT2D eigenvalue weighted by Gasteiger charge is 2.21. The quantitative estimate of drug-likeness (QED) is 0.588. The number of amides is 1. The van der Waals surface area contributed by atoms with Crippen LogP contribution in [0, 0.1) is 0 Å². The van der Waals surface area contributed by atoms with E-state index in [4.69, 9.17) is 16.6 Å². The van der Waals surface area contributed by atoms with Crippen LogP contribution < -0.4 is 11.5 Å². The Balaban J connectivity index is 2.04. The van der Waals surface area contributed by atoms with Crippen LogP contribution in [-0.4, -0.2) is 30.2 Å². The van der Waals surface area contributed by atoms with Crippen molar-refractivity contribution in [1.82, 2.24) is 24.3 Å². The van der Waals surface area contributed by atoms with Crippen LogP contribution in [0.5, 0.6) is 0 Å². The predicted octanol–water partition coefficient (Wildman–Crippen LogP) is 2.25. The van der Waals surface area contributed by atoms with E-state index in [-0.39, 0.29) is 6.04 Å². The van der Waals surface area contributed by atoms with Crippen molar-refractivity contribution in [2.45, 2.75) is 19.9 Å². The predicted molar refractivity (Wildman–Crippen MR) is 101 cm³/mol.